The molecule has 0 spiro atoms. The molecule has 1 unspecified atom stereocenters. The van der Waals surface area contributed by atoms with Gasteiger partial charge in [0.15, 0.2) is 0 Å². The van der Waals surface area contributed by atoms with Crippen molar-refractivity contribution in [2.24, 2.45) is 0 Å². The van der Waals surface area contributed by atoms with Crippen LogP contribution in [0.25, 0.3) is 10.9 Å². The molecule has 0 amide bonds. The van der Waals surface area contributed by atoms with Crippen molar-refractivity contribution < 1.29 is 14.3 Å². The van der Waals surface area contributed by atoms with Gasteiger partial charge in [-0.25, -0.2) is 4.79 Å². The first-order valence-electron chi connectivity index (χ1n) is 7.94. The number of hydrogen-bond donors (Lipinski definition) is 1. The van der Waals surface area contributed by atoms with Crippen LogP contribution in [-0.2, 0) is 16.0 Å². The zero-order valence-electron chi connectivity index (χ0n) is 13.4. The quantitative estimate of drug-likeness (QED) is 0.866. The van der Waals surface area contributed by atoms with Crippen LogP contribution in [0.2, 0.25) is 0 Å². The number of carbonyl (C=O) groups is 1. The second kappa shape index (κ2) is 5.42. The first-order valence-corrected chi connectivity index (χ1v) is 7.94. The topological polar surface area (TPSA) is 54.6 Å². The Kier molecular flexibility index (Phi) is 3.38. The molecule has 0 radical (unpaired) electrons. The molecule has 1 N–H and O–H groups in total. The van der Waals surface area contributed by atoms with Gasteiger partial charge in [-0.15, -0.1) is 0 Å². The summed E-state index contributed by atoms with van der Waals surface area (Å²) < 4.78 is 10.5. The average Bonchev–Trinajstić information content (AvgIpc) is 2.99. The predicted molar refractivity (Wildman–Crippen MR) is 87.6 cm³/mol. The van der Waals surface area contributed by atoms with Gasteiger partial charge in [0.05, 0.1) is 31.4 Å². The van der Waals surface area contributed by atoms with Crippen LogP contribution in [0.15, 0.2) is 29.8 Å². The third kappa shape index (κ3) is 2.07. The van der Waals surface area contributed by atoms with Crippen LogP contribution < -0.4 is 4.74 Å². The fourth-order valence-electron chi connectivity index (χ4n) is 3.91. The maximum absolute atomic E-state index is 12.2. The monoisotopic (exact) mass is 312 g/mol. The van der Waals surface area contributed by atoms with Gasteiger partial charge in [-0.2, -0.15) is 0 Å². The number of carbonyl (C=O) groups excluding carboxylic acids is 1. The molecule has 4 rings (SSSR count). The molecule has 0 aliphatic carbocycles. The Bertz CT molecular complexity index is 806. The molecule has 23 heavy (non-hydrogen) atoms. The van der Waals surface area contributed by atoms with E-state index in [0.717, 1.165) is 48.5 Å². The second-order valence-corrected chi connectivity index (χ2v) is 6.03. The van der Waals surface area contributed by atoms with E-state index in [9.17, 15) is 4.79 Å². The van der Waals surface area contributed by atoms with Crippen LogP contribution in [0.5, 0.6) is 5.75 Å². The number of esters is 1. The van der Waals surface area contributed by atoms with Gasteiger partial charge in [0.2, 0.25) is 0 Å². The van der Waals surface area contributed by atoms with Crippen LogP contribution in [-0.4, -0.2) is 43.2 Å². The summed E-state index contributed by atoms with van der Waals surface area (Å²) in [5.74, 6) is 0.598. The van der Waals surface area contributed by atoms with Gasteiger partial charge in [0, 0.05) is 24.2 Å². The number of fused-ring (bicyclic) bond motifs is 5. The number of benzene rings is 1. The van der Waals surface area contributed by atoms with Crippen LogP contribution in [0.1, 0.15) is 23.7 Å². The Hall–Kier alpha value is -2.27. The maximum atomic E-state index is 12.2. The van der Waals surface area contributed by atoms with E-state index < -0.39 is 0 Å². The van der Waals surface area contributed by atoms with E-state index in [2.05, 4.69) is 16.0 Å². The fourth-order valence-corrected chi connectivity index (χ4v) is 3.91. The highest BCUT2D eigenvalue weighted by atomic mass is 16.5. The standard InChI is InChI=1S/C18H20N2O3/c1-22-14-7-3-5-11-12-8-10-20-9-4-6-13(18(21)23-2)17(20)16(12)19-15(11)14/h3,5-7,17,19H,4,8-10H2,1-2H3. The van der Waals surface area contributed by atoms with Crippen molar-refractivity contribution in [2.75, 3.05) is 27.3 Å². The molecule has 0 saturated carbocycles. The number of methoxy groups -OCH3 is 2. The lowest BCUT2D eigenvalue weighted by Gasteiger charge is -2.38. The van der Waals surface area contributed by atoms with Crippen LogP contribution in [0, 0.1) is 0 Å². The fraction of sp³-hybridized carbons (Fsp3) is 0.389. The van der Waals surface area contributed by atoms with Crippen LogP contribution >= 0.6 is 0 Å². The molecule has 5 heteroatoms. The summed E-state index contributed by atoms with van der Waals surface area (Å²) in [6.07, 6.45) is 3.89. The Morgan fingerprint density at radius 3 is 2.96 bits per heavy atom. The molecule has 2 aliphatic heterocycles. The second-order valence-electron chi connectivity index (χ2n) is 6.03. The van der Waals surface area contributed by atoms with Gasteiger partial charge >= 0.3 is 5.97 Å². The van der Waals surface area contributed by atoms with Crippen molar-refractivity contribution in [3.63, 3.8) is 0 Å². The van der Waals surface area contributed by atoms with Crippen LogP contribution in [0.4, 0.5) is 0 Å². The van der Waals surface area contributed by atoms with Gasteiger partial charge < -0.3 is 14.5 Å². The van der Waals surface area contributed by atoms with Gasteiger partial charge in [-0.05, 0) is 24.5 Å². The minimum atomic E-state index is -0.238. The average molecular weight is 312 g/mol. The minimum Gasteiger partial charge on any atom is -0.495 e. The molecule has 1 aromatic heterocycles. The van der Waals surface area contributed by atoms with Crippen molar-refractivity contribution in [3.05, 3.63) is 41.1 Å². The Labute approximate surface area is 134 Å². The number of aromatic nitrogens is 1. The van der Waals surface area contributed by atoms with Crippen molar-refractivity contribution >= 4 is 16.9 Å². The van der Waals surface area contributed by atoms with Crippen LogP contribution in [0.3, 0.4) is 0 Å². The number of para-hydroxylation sites is 1. The summed E-state index contributed by atoms with van der Waals surface area (Å²) in [5, 5.41) is 1.19. The number of rotatable bonds is 2. The molecule has 2 aromatic rings. The number of aromatic amines is 1. The smallest absolute Gasteiger partial charge is 0.335 e. The minimum absolute atomic E-state index is 0.0444. The lowest BCUT2D eigenvalue weighted by Crippen LogP contribution is -2.40. The molecule has 0 bridgehead atoms. The van der Waals surface area contributed by atoms with E-state index >= 15 is 0 Å². The first kappa shape index (κ1) is 14.3. The first-order chi connectivity index (χ1) is 11.2. The van der Waals surface area contributed by atoms with E-state index in [-0.39, 0.29) is 12.0 Å². The molecule has 0 saturated heterocycles. The largest absolute Gasteiger partial charge is 0.495 e. The summed E-state index contributed by atoms with van der Waals surface area (Å²) in [6, 6.07) is 6.05. The number of ether oxygens (including phenoxy) is 2. The summed E-state index contributed by atoms with van der Waals surface area (Å²) in [7, 11) is 3.13. The van der Waals surface area contributed by atoms with Crippen molar-refractivity contribution in [1.29, 1.82) is 0 Å². The van der Waals surface area contributed by atoms with Gasteiger partial charge in [0.25, 0.3) is 0 Å². The normalized spacial score (nSPS) is 20.6. The highest BCUT2D eigenvalue weighted by Crippen LogP contribution is 2.42. The Morgan fingerprint density at radius 1 is 1.30 bits per heavy atom. The van der Waals surface area contributed by atoms with E-state index in [1.54, 1.807) is 7.11 Å². The number of nitrogens with zero attached hydrogens (tertiary/aromatic N) is 1. The van der Waals surface area contributed by atoms with Crippen molar-refractivity contribution in [3.8, 4) is 5.75 Å². The summed E-state index contributed by atoms with van der Waals surface area (Å²) >= 11 is 0. The van der Waals surface area contributed by atoms with Gasteiger partial charge in [0.1, 0.15) is 5.75 Å². The molecular weight excluding hydrogens is 292 g/mol. The van der Waals surface area contributed by atoms with E-state index in [1.165, 1.54) is 18.1 Å². The molecule has 0 fully saturated rings. The van der Waals surface area contributed by atoms with E-state index in [4.69, 9.17) is 9.47 Å². The lowest BCUT2D eigenvalue weighted by atomic mass is 9.89. The molecule has 5 nitrogen and oxygen atoms in total. The molecular formula is C18H20N2O3. The van der Waals surface area contributed by atoms with Crippen molar-refractivity contribution in [2.45, 2.75) is 18.9 Å². The number of H-pyrrole nitrogens is 1. The SMILES string of the molecule is COC(=O)C1=CCCN2CCc3c([nH]c4c(OC)cccc34)C12. The molecule has 3 heterocycles. The number of nitrogens with one attached hydrogen (secondary N) is 1. The zero-order chi connectivity index (χ0) is 16.0. The van der Waals surface area contributed by atoms with E-state index in [1.807, 2.05) is 18.2 Å². The summed E-state index contributed by atoms with van der Waals surface area (Å²) in [4.78, 5) is 18.1. The Balaban J connectivity index is 1.91. The molecule has 1 aromatic carbocycles. The molecule has 120 valence electrons. The van der Waals surface area contributed by atoms with Crippen molar-refractivity contribution in [1.82, 2.24) is 9.88 Å². The zero-order valence-corrected chi connectivity index (χ0v) is 13.4. The van der Waals surface area contributed by atoms with Gasteiger partial charge in [-0.1, -0.05) is 18.2 Å². The summed E-state index contributed by atoms with van der Waals surface area (Å²) in [6.45, 7) is 1.92. The summed E-state index contributed by atoms with van der Waals surface area (Å²) in [5.41, 5.74) is 4.14. The highest BCUT2D eigenvalue weighted by Gasteiger charge is 2.37. The van der Waals surface area contributed by atoms with Gasteiger partial charge in [-0.3, -0.25) is 4.90 Å². The lowest BCUT2D eigenvalue weighted by molar-refractivity contribution is -0.137. The Morgan fingerprint density at radius 2 is 2.17 bits per heavy atom. The maximum Gasteiger partial charge on any atom is 0.335 e. The molecule has 2 aliphatic rings. The number of hydrogen-bond acceptors (Lipinski definition) is 4. The third-order valence-electron chi connectivity index (χ3n) is 4.94. The highest BCUT2D eigenvalue weighted by molar-refractivity contribution is 5.93. The predicted octanol–water partition coefficient (Wildman–Crippen LogP) is 2.58. The molecule has 1 atom stereocenters. The third-order valence-corrected chi connectivity index (χ3v) is 4.94. The van der Waals surface area contributed by atoms with E-state index in [0.29, 0.717) is 0 Å².